The van der Waals surface area contributed by atoms with Crippen molar-refractivity contribution in [2.45, 2.75) is 38.5 Å². The second-order valence-electron chi connectivity index (χ2n) is 4.11. The molecule has 0 radical (unpaired) electrons. The van der Waals surface area contributed by atoms with Crippen molar-refractivity contribution in [3.05, 3.63) is 23.0 Å². The number of rotatable bonds is 1. The number of nitrogens with one attached hydrogen (secondary N) is 1. The largest absolute Gasteiger partial charge is 0.466 e. The van der Waals surface area contributed by atoms with Gasteiger partial charge in [0.05, 0.1) is 7.11 Å². The first-order valence-corrected chi connectivity index (χ1v) is 5.56. The van der Waals surface area contributed by atoms with Crippen molar-refractivity contribution in [1.82, 2.24) is 5.32 Å². The van der Waals surface area contributed by atoms with Crippen LogP contribution in [0.3, 0.4) is 0 Å². The van der Waals surface area contributed by atoms with Crippen molar-refractivity contribution >= 4 is 5.97 Å². The van der Waals surface area contributed by atoms with E-state index in [1.807, 2.05) is 0 Å². The van der Waals surface area contributed by atoms with E-state index in [0.717, 1.165) is 25.0 Å². The second kappa shape index (κ2) is 4.51. The predicted molar refractivity (Wildman–Crippen MR) is 58.0 cm³/mol. The van der Waals surface area contributed by atoms with Crippen LogP contribution >= 0.6 is 0 Å². The Hall–Kier alpha value is -1.25. The molecular weight excluding hydrogens is 190 g/mol. The minimum Gasteiger partial charge on any atom is -0.466 e. The van der Waals surface area contributed by atoms with E-state index >= 15 is 0 Å². The molecule has 0 bridgehead atoms. The quantitative estimate of drug-likeness (QED) is 0.529. The molecule has 15 heavy (non-hydrogen) atoms. The number of allylic oxidation sites excluding steroid dienone is 3. The Balaban J connectivity index is 2.07. The summed E-state index contributed by atoms with van der Waals surface area (Å²) in [6, 6.07) is 0. The lowest BCUT2D eigenvalue weighted by molar-refractivity contribution is -0.134. The molecule has 1 aliphatic heterocycles. The topological polar surface area (TPSA) is 38.3 Å². The summed E-state index contributed by atoms with van der Waals surface area (Å²) in [7, 11) is 1.41. The summed E-state index contributed by atoms with van der Waals surface area (Å²) in [4.78, 5) is 11.1. The Morgan fingerprint density at radius 1 is 1.27 bits per heavy atom. The zero-order chi connectivity index (χ0) is 10.7. The Labute approximate surface area is 90.2 Å². The molecule has 82 valence electrons. The minimum atomic E-state index is -0.266. The number of carbonyl (C=O) groups excluding carboxylic acids is 1. The van der Waals surface area contributed by atoms with Crippen LogP contribution in [-0.2, 0) is 9.53 Å². The zero-order valence-corrected chi connectivity index (χ0v) is 9.14. The first-order valence-electron chi connectivity index (χ1n) is 5.56. The Bertz CT molecular complexity index is 329. The number of esters is 1. The van der Waals surface area contributed by atoms with Crippen LogP contribution in [0.1, 0.15) is 38.5 Å². The molecule has 1 aliphatic carbocycles. The fraction of sp³-hybridized carbons (Fsp3) is 0.583. The van der Waals surface area contributed by atoms with Gasteiger partial charge in [0.15, 0.2) is 0 Å². The fourth-order valence-electron chi connectivity index (χ4n) is 2.25. The number of methoxy groups -OCH3 is 1. The Morgan fingerprint density at radius 3 is 2.87 bits per heavy atom. The molecule has 0 aromatic heterocycles. The Kier molecular flexibility index (Phi) is 3.09. The molecule has 1 heterocycles. The smallest absolute Gasteiger partial charge is 0.332 e. The highest BCUT2D eigenvalue weighted by Gasteiger charge is 2.18. The SMILES string of the molecule is COC(=O)/C=C1/CCC2=C(CCCC2)N1. The highest BCUT2D eigenvalue weighted by atomic mass is 16.5. The van der Waals surface area contributed by atoms with Gasteiger partial charge in [-0.3, -0.25) is 0 Å². The molecule has 0 saturated carbocycles. The summed E-state index contributed by atoms with van der Waals surface area (Å²) in [5.41, 5.74) is 3.91. The molecule has 0 spiro atoms. The van der Waals surface area contributed by atoms with E-state index in [1.165, 1.54) is 32.1 Å². The van der Waals surface area contributed by atoms with Crippen LogP contribution in [-0.4, -0.2) is 13.1 Å². The maximum absolute atomic E-state index is 11.1. The van der Waals surface area contributed by atoms with Crippen LogP contribution in [0.2, 0.25) is 0 Å². The molecule has 0 fully saturated rings. The van der Waals surface area contributed by atoms with Gasteiger partial charge in [-0.15, -0.1) is 0 Å². The number of carbonyl (C=O) groups is 1. The van der Waals surface area contributed by atoms with Crippen LogP contribution in [0.25, 0.3) is 0 Å². The van der Waals surface area contributed by atoms with Crippen molar-refractivity contribution in [2.24, 2.45) is 0 Å². The number of ether oxygens (including phenoxy) is 1. The van der Waals surface area contributed by atoms with E-state index in [9.17, 15) is 4.79 Å². The highest BCUT2D eigenvalue weighted by Crippen LogP contribution is 2.31. The monoisotopic (exact) mass is 207 g/mol. The number of hydrogen-bond donors (Lipinski definition) is 1. The highest BCUT2D eigenvalue weighted by molar-refractivity contribution is 5.82. The van der Waals surface area contributed by atoms with Crippen molar-refractivity contribution in [2.75, 3.05) is 7.11 Å². The summed E-state index contributed by atoms with van der Waals surface area (Å²) in [5, 5.41) is 3.36. The van der Waals surface area contributed by atoms with Crippen molar-refractivity contribution in [3.8, 4) is 0 Å². The third kappa shape index (κ3) is 2.41. The lowest BCUT2D eigenvalue weighted by Gasteiger charge is -2.27. The Morgan fingerprint density at radius 2 is 2.07 bits per heavy atom. The van der Waals surface area contributed by atoms with Gasteiger partial charge < -0.3 is 10.1 Å². The summed E-state index contributed by atoms with van der Waals surface area (Å²) in [6.45, 7) is 0. The van der Waals surface area contributed by atoms with Crippen molar-refractivity contribution in [3.63, 3.8) is 0 Å². The van der Waals surface area contributed by atoms with Crippen molar-refractivity contribution in [1.29, 1.82) is 0 Å². The third-order valence-electron chi connectivity index (χ3n) is 3.08. The number of hydrogen-bond acceptors (Lipinski definition) is 3. The van der Waals surface area contributed by atoms with Gasteiger partial charge in [0.25, 0.3) is 0 Å². The zero-order valence-electron chi connectivity index (χ0n) is 9.14. The minimum absolute atomic E-state index is 0.266. The molecule has 0 aromatic rings. The van der Waals surface area contributed by atoms with Gasteiger partial charge in [-0.2, -0.15) is 0 Å². The molecule has 2 rings (SSSR count). The van der Waals surface area contributed by atoms with Gasteiger partial charge in [-0.25, -0.2) is 4.79 Å². The van der Waals surface area contributed by atoms with Gasteiger partial charge in [-0.05, 0) is 38.5 Å². The fourth-order valence-corrected chi connectivity index (χ4v) is 2.25. The molecule has 0 unspecified atom stereocenters. The molecule has 0 aromatic carbocycles. The third-order valence-corrected chi connectivity index (χ3v) is 3.08. The van der Waals surface area contributed by atoms with Gasteiger partial charge in [0.2, 0.25) is 0 Å². The maximum atomic E-state index is 11.1. The average Bonchev–Trinajstić information content (AvgIpc) is 2.29. The first-order chi connectivity index (χ1) is 7.29. The molecule has 0 amide bonds. The van der Waals surface area contributed by atoms with Gasteiger partial charge >= 0.3 is 5.97 Å². The van der Waals surface area contributed by atoms with E-state index < -0.39 is 0 Å². The second-order valence-corrected chi connectivity index (χ2v) is 4.11. The summed E-state index contributed by atoms with van der Waals surface area (Å²) >= 11 is 0. The predicted octanol–water partition coefficient (Wildman–Crippen LogP) is 2.25. The van der Waals surface area contributed by atoms with Gasteiger partial charge in [0, 0.05) is 17.5 Å². The lowest BCUT2D eigenvalue weighted by atomic mass is 9.89. The molecule has 0 saturated heterocycles. The maximum Gasteiger partial charge on any atom is 0.332 e. The molecule has 3 heteroatoms. The van der Waals surface area contributed by atoms with E-state index in [4.69, 9.17) is 0 Å². The lowest BCUT2D eigenvalue weighted by Crippen LogP contribution is -2.23. The van der Waals surface area contributed by atoms with Crippen LogP contribution in [0.15, 0.2) is 23.0 Å². The standard InChI is InChI=1S/C12H17NO2/c1-15-12(14)8-10-7-6-9-4-2-3-5-11(9)13-10/h8,13H,2-7H2,1H3/b10-8-. The van der Waals surface area contributed by atoms with Gasteiger partial charge in [-0.1, -0.05) is 5.57 Å². The van der Waals surface area contributed by atoms with E-state index in [-0.39, 0.29) is 5.97 Å². The molecular formula is C12H17NO2. The molecule has 1 N–H and O–H groups in total. The van der Waals surface area contributed by atoms with Crippen LogP contribution in [0.5, 0.6) is 0 Å². The van der Waals surface area contributed by atoms with E-state index in [2.05, 4.69) is 10.1 Å². The van der Waals surface area contributed by atoms with Crippen LogP contribution in [0, 0.1) is 0 Å². The van der Waals surface area contributed by atoms with Crippen molar-refractivity contribution < 1.29 is 9.53 Å². The summed E-state index contributed by atoms with van der Waals surface area (Å²) in [6.07, 6.45) is 8.55. The normalized spacial score (nSPS) is 23.4. The average molecular weight is 207 g/mol. The molecule has 0 atom stereocenters. The molecule has 3 nitrogen and oxygen atoms in total. The summed E-state index contributed by atoms with van der Waals surface area (Å²) in [5.74, 6) is -0.266. The molecule has 2 aliphatic rings. The van der Waals surface area contributed by atoms with E-state index in [1.54, 1.807) is 11.6 Å². The van der Waals surface area contributed by atoms with Gasteiger partial charge in [0.1, 0.15) is 0 Å². The van der Waals surface area contributed by atoms with E-state index in [0.29, 0.717) is 0 Å². The van der Waals surface area contributed by atoms with Crippen LogP contribution < -0.4 is 5.32 Å². The summed E-state index contributed by atoms with van der Waals surface area (Å²) < 4.78 is 4.62. The first kappa shape index (κ1) is 10.3. The van der Waals surface area contributed by atoms with Crippen LogP contribution in [0.4, 0.5) is 0 Å².